The highest BCUT2D eigenvalue weighted by atomic mass is 16.6. The summed E-state index contributed by atoms with van der Waals surface area (Å²) in [7, 11) is 0. The van der Waals surface area contributed by atoms with Crippen molar-refractivity contribution in [3.8, 4) is 5.75 Å². The molecule has 0 spiro atoms. The summed E-state index contributed by atoms with van der Waals surface area (Å²) in [6.07, 6.45) is 7.46. The van der Waals surface area contributed by atoms with Gasteiger partial charge in [0, 0.05) is 6.61 Å². The summed E-state index contributed by atoms with van der Waals surface area (Å²) in [6, 6.07) is 7.84. The van der Waals surface area contributed by atoms with Gasteiger partial charge in [0.2, 0.25) is 0 Å². The van der Waals surface area contributed by atoms with Gasteiger partial charge in [0.15, 0.2) is 0 Å². The molecule has 119 valence electrons. The summed E-state index contributed by atoms with van der Waals surface area (Å²) in [4.78, 5) is 0. The molecule has 1 rings (SSSR count). The Morgan fingerprint density at radius 2 is 1.71 bits per heavy atom. The van der Waals surface area contributed by atoms with Gasteiger partial charge in [0.25, 0.3) is 6.29 Å². The molecule has 3 heteroatoms. The molecule has 0 heterocycles. The number of hydrogen-bond donors (Lipinski definition) is 0. The van der Waals surface area contributed by atoms with E-state index in [-0.39, 0.29) is 6.61 Å². The maximum Gasteiger partial charge on any atom is 0.254 e. The van der Waals surface area contributed by atoms with Crippen molar-refractivity contribution >= 4 is 0 Å². The van der Waals surface area contributed by atoms with Crippen LogP contribution < -0.4 is 4.74 Å². The molecule has 0 aliphatic carbocycles. The first kappa shape index (κ1) is 18.0. The summed E-state index contributed by atoms with van der Waals surface area (Å²) in [6.45, 7) is 4.75. The van der Waals surface area contributed by atoms with Crippen molar-refractivity contribution in [2.75, 3.05) is 13.2 Å². The van der Waals surface area contributed by atoms with E-state index in [4.69, 9.17) is 9.47 Å². The van der Waals surface area contributed by atoms with Crippen molar-refractivity contribution in [1.29, 1.82) is 0 Å². The Morgan fingerprint density at radius 3 is 2.48 bits per heavy atom. The van der Waals surface area contributed by atoms with Gasteiger partial charge in [-0.1, -0.05) is 57.2 Å². The van der Waals surface area contributed by atoms with E-state index in [1.54, 1.807) is 0 Å². The standard InChI is InChI=1S/C18H29O3/c1-3-5-6-7-8-9-12-16-13-10-11-14-17(16)21-18(19)15-20-4-2/h10-11,13-14,18H,3-9,12,15H2,1-2H3. The molecule has 1 atom stereocenters. The molecule has 0 bridgehead atoms. The molecule has 0 aromatic heterocycles. The average molecular weight is 293 g/mol. The van der Waals surface area contributed by atoms with Crippen molar-refractivity contribution in [3.05, 3.63) is 29.8 Å². The monoisotopic (exact) mass is 293 g/mol. The summed E-state index contributed by atoms with van der Waals surface area (Å²) in [5.74, 6) is 0.714. The van der Waals surface area contributed by atoms with Crippen LogP contribution in [-0.4, -0.2) is 19.5 Å². The summed E-state index contributed by atoms with van der Waals surface area (Å²) >= 11 is 0. The van der Waals surface area contributed by atoms with Crippen LogP contribution >= 0.6 is 0 Å². The molecule has 0 amide bonds. The molecular formula is C18H29O3. The van der Waals surface area contributed by atoms with E-state index in [0.29, 0.717) is 12.4 Å². The summed E-state index contributed by atoms with van der Waals surface area (Å²) in [5, 5.41) is 11.7. The van der Waals surface area contributed by atoms with Crippen LogP contribution in [0.2, 0.25) is 0 Å². The molecule has 3 nitrogen and oxygen atoms in total. The predicted octanol–water partition coefficient (Wildman–Crippen LogP) is 4.76. The number of hydrogen-bond acceptors (Lipinski definition) is 2. The van der Waals surface area contributed by atoms with Crippen LogP contribution in [0.25, 0.3) is 0 Å². The molecule has 0 aliphatic heterocycles. The quantitative estimate of drug-likeness (QED) is 0.411. The zero-order valence-electron chi connectivity index (χ0n) is 13.5. The summed E-state index contributed by atoms with van der Waals surface area (Å²) < 4.78 is 10.6. The number of para-hydroxylation sites is 1. The second kappa shape index (κ2) is 11.6. The van der Waals surface area contributed by atoms with Crippen molar-refractivity contribution in [2.45, 2.75) is 65.1 Å². The third-order valence-electron chi connectivity index (χ3n) is 3.49. The van der Waals surface area contributed by atoms with Gasteiger partial charge in [-0.05, 0) is 31.4 Å². The Morgan fingerprint density at radius 1 is 1.00 bits per heavy atom. The Kier molecular flexibility index (Phi) is 9.92. The molecular weight excluding hydrogens is 264 g/mol. The number of rotatable bonds is 12. The van der Waals surface area contributed by atoms with Crippen molar-refractivity contribution in [3.63, 3.8) is 0 Å². The van der Waals surface area contributed by atoms with Gasteiger partial charge in [-0.3, -0.25) is 0 Å². The first-order chi connectivity index (χ1) is 10.3. The summed E-state index contributed by atoms with van der Waals surface area (Å²) in [5.41, 5.74) is 1.13. The molecule has 0 saturated heterocycles. The van der Waals surface area contributed by atoms with E-state index in [1.807, 2.05) is 25.1 Å². The SMILES string of the molecule is CCCCCCCCc1ccccc1OC([O])COCC. The number of ether oxygens (including phenoxy) is 2. The van der Waals surface area contributed by atoms with Crippen LogP contribution in [0.1, 0.15) is 57.9 Å². The molecule has 0 fully saturated rings. The third-order valence-corrected chi connectivity index (χ3v) is 3.49. The lowest BCUT2D eigenvalue weighted by Crippen LogP contribution is -2.21. The topological polar surface area (TPSA) is 38.4 Å². The van der Waals surface area contributed by atoms with E-state index in [0.717, 1.165) is 18.4 Å². The highest BCUT2D eigenvalue weighted by molar-refractivity contribution is 5.33. The van der Waals surface area contributed by atoms with Crippen LogP contribution in [-0.2, 0) is 16.3 Å². The molecule has 1 radical (unpaired) electrons. The number of unbranched alkanes of at least 4 members (excludes halogenated alkanes) is 5. The van der Waals surface area contributed by atoms with Crippen LogP contribution in [0.3, 0.4) is 0 Å². The lowest BCUT2D eigenvalue weighted by Gasteiger charge is -2.15. The number of aryl methyl sites for hydroxylation is 1. The molecule has 1 unspecified atom stereocenters. The van der Waals surface area contributed by atoms with Crippen LogP contribution in [0.15, 0.2) is 24.3 Å². The Balaban J connectivity index is 2.36. The first-order valence-corrected chi connectivity index (χ1v) is 8.26. The highest BCUT2D eigenvalue weighted by Gasteiger charge is 2.10. The minimum Gasteiger partial charge on any atom is -0.459 e. The molecule has 0 aliphatic rings. The van der Waals surface area contributed by atoms with Gasteiger partial charge >= 0.3 is 0 Å². The number of benzene rings is 1. The van der Waals surface area contributed by atoms with E-state index in [1.165, 1.54) is 32.1 Å². The predicted molar refractivity (Wildman–Crippen MR) is 85.1 cm³/mol. The van der Waals surface area contributed by atoms with Crippen LogP contribution in [0.5, 0.6) is 5.75 Å². The Labute approximate surface area is 129 Å². The smallest absolute Gasteiger partial charge is 0.254 e. The normalized spacial score (nSPS) is 12.3. The minimum atomic E-state index is -1.14. The minimum absolute atomic E-state index is 0.0991. The lowest BCUT2D eigenvalue weighted by molar-refractivity contribution is -0.116. The maximum atomic E-state index is 11.7. The van der Waals surface area contributed by atoms with Gasteiger partial charge in [0.1, 0.15) is 12.4 Å². The van der Waals surface area contributed by atoms with Crippen molar-refractivity contribution in [1.82, 2.24) is 0 Å². The Bertz CT molecular complexity index is 365. The zero-order valence-corrected chi connectivity index (χ0v) is 13.5. The average Bonchev–Trinajstić information content (AvgIpc) is 2.50. The molecule has 1 aromatic rings. The second-order valence-electron chi connectivity index (χ2n) is 5.33. The van der Waals surface area contributed by atoms with E-state index < -0.39 is 6.29 Å². The van der Waals surface area contributed by atoms with Crippen molar-refractivity contribution in [2.24, 2.45) is 0 Å². The van der Waals surface area contributed by atoms with Gasteiger partial charge in [-0.25, -0.2) is 0 Å². The molecule has 0 saturated carbocycles. The van der Waals surface area contributed by atoms with Gasteiger partial charge < -0.3 is 9.47 Å². The first-order valence-electron chi connectivity index (χ1n) is 8.26. The molecule has 21 heavy (non-hydrogen) atoms. The zero-order chi connectivity index (χ0) is 15.3. The second-order valence-corrected chi connectivity index (χ2v) is 5.33. The van der Waals surface area contributed by atoms with Crippen LogP contribution in [0.4, 0.5) is 0 Å². The maximum absolute atomic E-state index is 11.7. The highest BCUT2D eigenvalue weighted by Crippen LogP contribution is 2.22. The lowest BCUT2D eigenvalue weighted by atomic mass is 10.0. The van der Waals surface area contributed by atoms with Gasteiger partial charge in [0.05, 0.1) is 0 Å². The third kappa shape index (κ3) is 8.08. The Hall–Kier alpha value is -1.06. The fourth-order valence-corrected chi connectivity index (χ4v) is 2.31. The largest absolute Gasteiger partial charge is 0.459 e. The van der Waals surface area contributed by atoms with Crippen LogP contribution in [0, 0.1) is 0 Å². The van der Waals surface area contributed by atoms with E-state index in [9.17, 15) is 5.11 Å². The van der Waals surface area contributed by atoms with E-state index in [2.05, 4.69) is 13.0 Å². The van der Waals surface area contributed by atoms with Crippen molar-refractivity contribution < 1.29 is 14.6 Å². The van der Waals surface area contributed by atoms with Gasteiger partial charge in [-0.2, -0.15) is 5.11 Å². The fourth-order valence-electron chi connectivity index (χ4n) is 2.31. The van der Waals surface area contributed by atoms with Gasteiger partial charge in [-0.15, -0.1) is 0 Å². The molecule has 1 aromatic carbocycles. The van der Waals surface area contributed by atoms with E-state index >= 15 is 0 Å². The molecule has 0 N–H and O–H groups in total. The fraction of sp³-hybridized carbons (Fsp3) is 0.667.